The van der Waals surface area contributed by atoms with Crippen molar-refractivity contribution in [3.8, 4) is 0 Å². The number of ether oxygens (including phenoxy) is 1. The molecule has 0 bridgehead atoms. The molecule has 1 aromatic rings. The van der Waals surface area contributed by atoms with Gasteiger partial charge in [-0.2, -0.15) is 13.2 Å². The number of aliphatic carboxylic acids is 1. The van der Waals surface area contributed by atoms with Crippen LogP contribution < -0.4 is 5.32 Å². The molecule has 0 spiro atoms. The van der Waals surface area contributed by atoms with Gasteiger partial charge >= 0.3 is 12.1 Å². The minimum atomic E-state index is -5.08. The molecule has 0 unspecified atom stereocenters. The summed E-state index contributed by atoms with van der Waals surface area (Å²) in [5.41, 5.74) is 1.43. The van der Waals surface area contributed by atoms with Crippen LogP contribution in [0, 0.1) is 24.7 Å². The largest absolute Gasteiger partial charge is 0.490 e. The Kier molecular flexibility index (Phi) is 7.42. The van der Waals surface area contributed by atoms with Crippen LogP contribution >= 0.6 is 0 Å². The number of halogens is 3. The van der Waals surface area contributed by atoms with Crippen molar-refractivity contribution in [2.75, 3.05) is 37.9 Å². The maximum atomic E-state index is 12.6. The van der Waals surface area contributed by atoms with Crippen molar-refractivity contribution in [3.63, 3.8) is 0 Å². The summed E-state index contributed by atoms with van der Waals surface area (Å²) in [6.07, 6.45) is -2.20. The number of carboxylic acids is 1. The fourth-order valence-corrected chi connectivity index (χ4v) is 4.25. The van der Waals surface area contributed by atoms with Gasteiger partial charge in [0.05, 0.1) is 36.8 Å². The first-order valence-electron chi connectivity index (χ1n) is 8.86. The number of aromatic nitrogens is 1. The van der Waals surface area contributed by atoms with Crippen molar-refractivity contribution >= 4 is 27.6 Å². The van der Waals surface area contributed by atoms with Crippen LogP contribution in [0.15, 0.2) is 18.3 Å². The molecule has 30 heavy (non-hydrogen) atoms. The molecule has 1 aromatic heterocycles. The number of nitrogens with zero attached hydrogens (tertiary/aromatic N) is 2. The van der Waals surface area contributed by atoms with Gasteiger partial charge in [-0.25, -0.2) is 17.5 Å². The summed E-state index contributed by atoms with van der Waals surface area (Å²) >= 11 is 0. The van der Waals surface area contributed by atoms with E-state index in [0.29, 0.717) is 32.0 Å². The summed E-state index contributed by atoms with van der Waals surface area (Å²) in [5, 5.41) is 10.0. The molecule has 168 valence electrons. The molecule has 2 N–H and O–H groups in total. The Hall–Kier alpha value is -2.25. The highest BCUT2D eigenvalue weighted by molar-refractivity contribution is 7.88. The van der Waals surface area contributed by atoms with E-state index in [9.17, 15) is 26.4 Å². The zero-order chi connectivity index (χ0) is 22.7. The second-order valence-corrected chi connectivity index (χ2v) is 9.06. The van der Waals surface area contributed by atoms with E-state index < -0.39 is 22.2 Å². The van der Waals surface area contributed by atoms with Crippen molar-refractivity contribution in [3.05, 3.63) is 24.0 Å². The zero-order valence-corrected chi connectivity index (χ0v) is 17.0. The molecule has 0 saturated carbocycles. The molecular formula is C17H22F3N3O6S. The van der Waals surface area contributed by atoms with Crippen molar-refractivity contribution in [2.24, 2.45) is 17.8 Å². The fraction of sp³-hybridized carbons (Fsp3) is 0.588. The maximum Gasteiger partial charge on any atom is 0.490 e. The summed E-state index contributed by atoms with van der Waals surface area (Å²) in [5.74, 6) is -3.17. The normalized spacial score (nSPS) is 24.4. The van der Waals surface area contributed by atoms with Gasteiger partial charge in [-0.1, -0.05) is 0 Å². The van der Waals surface area contributed by atoms with Gasteiger partial charge in [-0.05, 0) is 25.0 Å². The third-order valence-corrected chi connectivity index (χ3v) is 6.15. The number of nitrogens with one attached hydrogen (secondary N) is 1. The van der Waals surface area contributed by atoms with Crippen LogP contribution in [-0.4, -0.2) is 73.4 Å². The van der Waals surface area contributed by atoms with E-state index in [1.54, 1.807) is 18.3 Å². The first-order valence-corrected chi connectivity index (χ1v) is 10.7. The molecular weight excluding hydrogens is 431 g/mol. The molecule has 2 aliphatic heterocycles. The number of fused-ring (bicyclic) bond motifs is 1. The standard InChI is InChI=1S/C15H21N3O4S.C2HF3O2/c1-10-14(4-3-5-16-10)17-15(19)13-9-22-8-11-6-18(7-12(11)13)23(2,20)21;3-2(4,5)1(6)7/h3-5,11-13H,6-9H2,1-2H3,(H,17,19);(H,6,7)/t11-,12-,13+;/m1./s1. The highest BCUT2D eigenvalue weighted by Crippen LogP contribution is 2.35. The van der Waals surface area contributed by atoms with E-state index in [2.05, 4.69) is 10.3 Å². The third kappa shape index (κ3) is 6.12. The monoisotopic (exact) mass is 453 g/mol. The lowest BCUT2D eigenvalue weighted by atomic mass is 9.82. The second-order valence-electron chi connectivity index (χ2n) is 7.08. The predicted molar refractivity (Wildman–Crippen MR) is 99.0 cm³/mol. The first kappa shape index (κ1) is 24.0. The number of aryl methyl sites for hydroxylation is 1. The number of carbonyl (C=O) groups excluding carboxylic acids is 1. The summed E-state index contributed by atoms with van der Waals surface area (Å²) < 4.78 is 62.3. The molecule has 2 fully saturated rings. The number of hydrogen-bond donors (Lipinski definition) is 2. The Morgan fingerprint density at radius 1 is 1.30 bits per heavy atom. The molecule has 2 aliphatic rings. The van der Waals surface area contributed by atoms with E-state index in [1.165, 1.54) is 10.6 Å². The number of carboxylic acid groups (broad SMARTS) is 1. The minimum absolute atomic E-state index is 0.00421. The molecule has 0 aromatic carbocycles. The molecule has 9 nitrogen and oxygen atoms in total. The highest BCUT2D eigenvalue weighted by Gasteiger charge is 2.46. The number of pyridine rings is 1. The van der Waals surface area contributed by atoms with Gasteiger partial charge in [0.1, 0.15) is 0 Å². The fourth-order valence-electron chi connectivity index (χ4n) is 3.34. The zero-order valence-electron chi connectivity index (χ0n) is 16.2. The van der Waals surface area contributed by atoms with Crippen molar-refractivity contribution in [2.45, 2.75) is 13.1 Å². The Bertz CT molecular complexity index is 893. The van der Waals surface area contributed by atoms with Crippen LogP contribution in [0.3, 0.4) is 0 Å². The molecule has 0 radical (unpaired) electrons. The Morgan fingerprint density at radius 2 is 1.93 bits per heavy atom. The molecule has 0 aliphatic carbocycles. The lowest BCUT2D eigenvalue weighted by molar-refractivity contribution is -0.192. The SMILES string of the molecule is Cc1ncccc1NC(=O)[C@H]1COC[C@H]2CN(S(C)(=O)=O)C[C@H]21.O=C(O)C(F)(F)F. The van der Waals surface area contributed by atoms with Crippen molar-refractivity contribution < 1.29 is 41.0 Å². The average Bonchev–Trinajstić information content (AvgIpc) is 3.08. The van der Waals surface area contributed by atoms with Gasteiger partial charge in [0, 0.05) is 25.2 Å². The molecule has 3 atom stereocenters. The van der Waals surface area contributed by atoms with Crippen molar-refractivity contribution in [1.82, 2.24) is 9.29 Å². The predicted octanol–water partition coefficient (Wildman–Crippen LogP) is 1.12. The lowest BCUT2D eigenvalue weighted by Crippen LogP contribution is -2.42. The minimum Gasteiger partial charge on any atom is -0.475 e. The van der Waals surface area contributed by atoms with Gasteiger partial charge in [-0.15, -0.1) is 0 Å². The molecule has 3 heterocycles. The smallest absolute Gasteiger partial charge is 0.475 e. The Balaban J connectivity index is 0.000000396. The maximum absolute atomic E-state index is 12.6. The van der Waals surface area contributed by atoms with Crippen LogP contribution in [0.5, 0.6) is 0 Å². The molecule has 2 saturated heterocycles. The Morgan fingerprint density at radius 3 is 2.47 bits per heavy atom. The van der Waals surface area contributed by atoms with Crippen LogP contribution in [0.2, 0.25) is 0 Å². The van der Waals surface area contributed by atoms with Crippen molar-refractivity contribution in [1.29, 1.82) is 0 Å². The number of amides is 1. The third-order valence-electron chi connectivity index (χ3n) is 4.92. The van der Waals surface area contributed by atoms with Crippen LogP contribution in [-0.2, 0) is 24.3 Å². The van der Waals surface area contributed by atoms with Crippen LogP contribution in [0.25, 0.3) is 0 Å². The number of hydrogen-bond acceptors (Lipinski definition) is 6. The van der Waals surface area contributed by atoms with Gasteiger partial charge in [0.25, 0.3) is 0 Å². The number of anilines is 1. The second kappa shape index (κ2) is 9.27. The number of carbonyl (C=O) groups is 2. The van der Waals surface area contributed by atoms with E-state index >= 15 is 0 Å². The van der Waals surface area contributed by atoms with Crippen LogP contribution in [0.1, 0.15) is 5.69 Å². The van der Waals surface area contributed by atoms with Crippen LogP contribution in [0.4, 0.5) is 18.9 Å². The highest BCUT2D eigenvalue weighted by atomic mass is 32.2. The molecule has 3 rings (SSSR count). The van der Waals surface area contributed by atoms with E-state index in [-0.39, 0.29) is 23.7 Å². The quantitative estimate of drug-likeness (QED) is 0.702. The summed E-state index contributed by atoms with van der Waals surface area (Å²) in [7, 11) is -3.24. The average molecular weight is 453 g/mol. The van der Waals surface area contributed by atoms with Gasteiger partial charge in [0.2, 0.25) is 15.9 Å². The topological polar surface area (TPSA) is 126 Å². The molecule has 1 amide bonds. The van der Waals surface area contributed by atoms with Gasteiger partial charge < -0.3 is 15.2 Å². The van der Waals surface area contributed by atoms with E-state index in [4.69, 9.17) is 14.6 Å². The summed E-state index contributed by atoms with van der Waals surface area (Å²) in [4.78, 5) is 25.7. The summed E-state index contributed by atoms with van der Waals surface area (Å²) in [6.45, 7) is 3.48. The number of alkyl halides is 3. The summed E-state index contributed by atoms with van der Waals surface area (Å²) in [6, 6.07) is 3.57. The van der Waals surface area contributed by atoms with Gasteiger partial charge in [0.15, 0.2) is 0 Å². The molecule has 13 heteroatoms. The van der Waals surface area contributed by atoms with Gasteiger partial charge in [-0.3, -0.25) is 9.78 Å². The number of rotatable bonds is 3. The number of sulfonamides is 1. The lowest BCUT2D eigenvalue weighted by Gasteiger charge is -2.32. The first-order chi connectivity index (χ1) is 13.8. The van der Waals surface area contributed by atoms with E-state index in [0.717, 1.165) is 5.69 Å². The Labute approximate surface area is 171 Å². The van der Waals surface area contributed by atoms with E-state index in [1.807, 2.05) is 6.92 Å².